The van der Waals surface area contributed by atoms with E-state index in [0.29, 0.717) is 33.0 Å². The first-order chi connectivity index (χ1) is 8.31. The van der Waals surface area contributed by atoms with Crippen LogP contribution >= 0.6 is 0 Å². The molecule has 0 spiro atoms. The summed E-state index contributed by atoms with van der Waals surface area (Å²) in [5.74, 6) is -0.0983. The lowest BCUT2D eigenvalue weighted by Crippen LogP contribution is -2.31. The average molecular weight is 249 g/mol. The molecule has 0 aromatic carbocycles. The normalized spacial score (nSPS) is 9.41. The number of nitrogens with one attached hydrogen (secondary N) is 1. The molecule has 104 valence electrons. The predicted octanol–water partition coefficient (Wildman–Crippen LogP) is 1.22. The molecule has 5 nitrogen and oxygen atoms in total. The van der Waals surface area contributed by atoms with Crippen molar-refractivity contribution < 1.29 is 19.0 Å². The van der Waals surface area contributed by atoms with Crippen LogP contribution in [0.4, 0.5) is 0 Å². The zero-order valence-electron chi connectivity index (χ0n) is 11.6. The van der Waals surface area contributed by atoms with E-state index in [1.165, 1.54) is 0 Å². The summed E-state index contributed by atoms with van der Waals surface area (Å²) in [7, 11) is 1.62. The van der Waals surface area contributed by atoms with Gasteiger partial charge < -0.3 is 19.5 Å². The Morgan fingerprint density at radius 2 is 1.76 bits per heavy atom. The van der Waals surface area contributed by atoms with Crippen LogP contribution in [-0.2, 0) is 19.0 Å². The number of hydrogen-bond donors (Lipinski definition) is 1. The average Bonchev–Trinajstić information content (AvgIpc) is 2.36. The van der Waals surface area contributed by atoms with E-state index in [-0.39, 0.29) is 12.5 Å². The molecule has 0 rings (SSSR count). The molecule has 0 aromatic rings. The highest BCUT2D eigenvalue weighted by molar-refractivity contribution is 5.77. The fourth-order valence-electron chi connectivity index (χ4n) is 0.867. The van der Waals surface area contributed by atoms with E-state index in [0.717, 1.165) is 6.42 Å². The fraction of sp³-hybridized carbons (Fsp3) is 0.917. The van der Waals surface area contributed by atoms with Crippen LogP contribution in [0.3, 0.4) is 0 Å². The van der Waals surface area contributed by atoms with Crippen LogP contribution in [0.5, 0.6) is 0 Å². The number of carbonyl (C=O) groups is 1. The number of hydrogen-bond acceptors (Lipinski definition) is 4. The van der Waals surface area contributed by atoms with Crippen molar-refractivity contribution in [2.75, 3.05) is 46.7 Å². The van der Waals surface area contributed by atoms with Gasteiger partial charge in [-0.2, -0.15) is 0 Å². The Labute approximate surface area is 105 Å². The van der Waals surface area contributed by atoms with Gasteiger partial charge in [0.1, 0.15) is 6.61 Å². The first-order valence-electron chi connectivity index (χ1n) is 6.22. The molecule has 0 aliphatic heterocycles. The standard InChI is InChI=1S/C10H21NO4.C2H6/c1-3-5-15-9-10(12)11-4-6-14-8-7-13-2;1-2/h3-9H2,1-2H3,(H,11,12);1-2H3. The molecule has 0 fully saturated rings. The summed E-state index contributed by atoms with van der Waals surface area (Å²) >= 11 is 0. The maximum atomic E-state index is 11.1. The Hall–Kier alpha value is -0.650. The summed E-state index contributed by atoms with van der Waals surface area (Å²) in [6, 6.07) is 0. The van der Waals surface area contributed by atoms with Crippen molar-refractivity contribution in [3.05, 3.63) is 0 Å². The Bertz CT molecular complexity index is 153. The highest BCUT2D eigenvalue weighted by Gasteiger charge is 1.99. The van der Waals surface area contributed by atoms with Gasteiger partial charge in [0.2, 0.25) is 5.91 Å². The first kappa shape index (κ1) is 18.7. The van der Waals surface area contributed by atoms with Gasteiger partial charge in [-0.1, -0.05) is 20.8 Å². The number of amides is 1. The first-order valence-corrected chi connectivity index (χ1v) is 6.22. The third-order valence-corrected chi connectivity index (χ3v) is 1.58. The van der Waals surface area contributed by atoms with Gasteiger partial charge in [0.15, 0.2) is 0 Å². The predicted molar refractivity (Wildman–Crippen MR) is 68.2 cm³/mol. The highest BCUT2D eigenvalue weighted by Crippen LogP contribution is 1.80. The smallest absolute Gasteiger partial charge is 0.246 e. The largest absolute Gasteiger partial charge is 0.382 e. The second-order valence-electron chi connectivity index (χ2n) is 3.01. The highest BCUT2D eigenvalue weighted by atomic mass is 16.5. The second kappa shape index (κ2) is 17.7. The number of carbonyl (C=O) groups excluding carboxylic acids is 1. The number of methoxy groups -OCH3 is 1. The monoisotopic (exact) mass is 249 g/mol. The molecule has 0 aliphatic carbocycles. The van der Waals surface area contributed by atoms with Gasteiger partial charge >= 0.3 is 0 Å². The van der Waals surface area contributed by atoms with Crippen LogP contribution in [-0.4, -0.2) is 52.6 Å². The summed E-state index contributed by atoms with van der Waals surface area (Å²) in [6.45, 7) is 8.90. The molecule has 1 amide bonds. The number of rotatable bonds is 10. The van der Waals surface area contributed by atoms with Crippen molar-refractivity contribution in [3.8, 4) is 0 Å². The molecule has 0 heterocycles. The van der Waals surface area contributed by atoms with E-state index in [1.807, 2.05) is 20.8 Å². The van der Waals surface area contributed by atoms with E-state index in [9.17, 15) is 4.79 Å². The summed E-state index contributed by atoms with van der Waals surface area (Å²) in [5.41, 5.74) is 0. The van der Waals surface area contributed by atoms with Gasteiger partial charge in [-0.3, -0.25) is 4.79 Å². The summed E-state index contributed by atoms with van der Waals surface area (Å²) in [5, 5.41) is 2.69. The molecule has 5 heteroatoms. The minimum absolute atomic E-state index is 0.0983. The van der Waals surface area contributed by atoms with Crippen molar-refractivity contribution >= 4 is 5.91 Å². The minimum Gasteiger partial charge on any atom is -0.382 e. The second-order valence-corrected chi connectivity index (χ2v) is 3.01. The van der Waals surface area contributed by atoms with Gasteiger partial charge in [-0.15, -0.1) is 0 Å². The lowest BCUT2D eigenvalue weighted by atomic mass is 10.5. The Kier molecular flexibility index (Phi) is 19.5. The minimum atomic E-state index is -0.0983. The maximum Gasteiger partial charge on any atom is 0.246 e. The lowest BCUT2D eigenvalue weighted by Gasteiger charge is -2.06. The van der Waals surface area contributed by atoms with E-state index in [1.54, 1.807) is 7.11 Å². The van der Waals surface area contributed by atoms with Gasteiger partial charge in [0, 0.05) is 20.3 Å². The van der Waals surface area contributed by atoms with Gasteiger partial charge in [-0.05, 0) is 6.42 Å². The van der Waals surface area contributed by atoms with Gasteiger partial charge in [-0.25, -0.2) is 0 Å². The molecule has 0 atom stereocenters. The molecule has 0 unspecified atom stereocenters. The summed E-state index contributed by atoms with van der Waals surface area (Å²) < 4.78 is 15.0. The van der Waals surface area contributed by atoms with Crippen LogP contribution in [0, 0.1) is 0 Å². The quantitative estimate of drug-likeness (QED) is 0.591. The van der Waals surface area contributed by atoms with E-state index >= 15 is 0 Å². The molecule has 0 bridgehead atoms. The molecule has 0 aliphatic rings. The van der Waals surface area contributed by atoms with Crippen LogP contribution in [0.1, 0.15) is 27.2 Å². The topological polar surface area (TPSA) is 56.8 Å². The zero-order valence-corrected chi connectivity index (χ0v) is 11.6. The fourth-order valence-corrected chi connectivity index (χ4v) is 0.867. The zero-order chi connectivity index (χ0) is 13.4. The Morgan fingerprint density at radius 1 is 1.06 bits per heavy atom. The molecular weight excluding hydrogens is 222 g/mol. The third-order valence-electron chi connectivity index (χ3n) is 1.58. The van der Waals surface area contributed by atoms with Gasteiger partial charge in [0.25, 0.3) is 0 Å². The van der Waals surface area contributed by atoms with Crippen LogP contribution < -0.4 is 5.32 Å². The molecule has 17 heavy (non-hydrogen) atoms. The summed E-state index contributed by atoms with van der Waals surface area (Å²) in [4.78, 5) is 11.1. The van der Waals surface area contributed by atoms with Crippen molar-refractivity contribution in [2.24, 2.45) is 0 Å². The van der Waals surface area contributed by atoms with Crippen molar-refractivity contribution in [1.82, 2.24) is 5.32 Å². The van der Waals surface area contributed by atoms with Crippen molar-refractivity contribution in [3.63, 3.8) is 0 Å². The molecular formula is C12H27NO4. The molecule has 1 N–H and O–H groups in total. The number of ether oxygens (including phenoxy) is 3. The van der Waals surface area contributed by atoms with E-state index in [4.69, 9.17) is 14.2 Å². The Balaban J connectivity index is 0. The molecule has 0 saturated carbocycles. The third kappa shape index (κ3) is 17.9. The lowest BCUT2D eigenvalue weighted by molar-refractivity contribution is -0.125. The van der Waals surface area contributed by atoms with Crippen LogP contribution in [0.2, 0.25) is 0 Å². The van der Waals surface area contributed by atoms with Gasteiger partial charge in [0.05, 0.1) is 19.8 Å². The summed E-state index contributed by atoms with van der Waals surface area (Å²) in [6.07, 6.45) is 0.924. The van der Waals surface area contributed by atoms with Crippen LogP contribution in [0.15, 0.2) is 0 Å². The SMILES string of the molecule is CC.CCCOCC(=O)NCCOCCOC. The van der Waals surface area contributed by atoms with E-state index in [2.05, 4.69) is 5.32 Å². The van der Waals surface area contributed by atoms with Crippen molar-refractivity contribution in [2.45, 2.75) is 27.2 Å². The van der Waals surface area contributed by atoms with E-state index < -0.39 is 0 Å². The molecule has 0 radical (unpaired) electrons. The molecule has 0 saturated heterocycles. The maximum absolute atomic E-state index is 11.1. The Morgan fingerprint density at radius 3 is 2.35 bits per heavy atom. The van der Waals surface area contributed by atoms with Crippen molar-refractivity contribution in [1.29, 1.82) is 0 Å². The molecule has 0 aromatic heterocycles. The van der Waals surface area contributed by atoms with Crippen LogP contribution in [0.25, 0.3) is 0 Å².